The molecule has 7 heteroatoms. The zero-order valence-electron chi connectivity index (χ0n) is 16.4. The largest absolute Gasteiger partial charge is 0.474 e. The Kier molecular flexibility index (Phi) is 4.90. The van der Waals surface area contributed by atoms with E-state index in [0.29, 0.717) is 17.5 Å². The molecule has 1 aromatic heterocycles. The molecule has 1 heterocycles. The van der Waals surface area contributed by atoms with E-state index in [4.69, 9.17) is 4.74 Å². The van der Waals surface area contributed by atoms with Gasteiger partial charge in [0.25, 0.3) is 10.0 Å². The van der Waals surface area contributed by atoms with Crippen LogP contribution in [0.2, 0.25) is 0 Å². The van der Waals surface area contributed by atoms with E-state index in [9.17, 15) is 8.42 Å². The van der Waals surface area contributed by atoms with Crippen molar-refractivity contribution in [3.8, 4) is 17.1 Å². The number of hydrogen-bond donors (Lipinski definition) is 1. The first-order valence-electron chi connectivity index (χ1n) is 10.3. The number of sulfonamides is 1. The van der Waals surface area contributed by atoms with Crippen LogP contribution in [0, 0.1) is 11.8 Å². The molecule has 3 atom stereocenters. The summed E-state index contributed by atoms with van der Waals surface area (Å²) in [6.45, 7) is 0. The van der Waals surface area contributed by atoms with Gasteiger partial charge in [0.2, 0.25) is 11.8 Å². The van der Waals surface area contributed by atoms with Gasteiger partial charge in [-0.2, -0.15) is 4.98 Å². The predicted octanol–water partition coefficient (Wildman–Crippen LogP) is 4.51. The lowest BCUT2D eigenvalue weighted by Crippen LogP contribution is -2.24. The van der Waals surface area contributed by atoms with Crippen LogP contribution in [-0.2, 0) is 10.0 Å². The van der Waals surface area contributed by atoms with E-state index >= 15 is 0 Å². The smallest absolute Gasteiger partial charge is 0.264 e. The summed E-state index contributed by atoms with van der Waals surface area (Å²) in [5.41, 5.74) is 1.49. The number of hydrogen-bond acceptors (Lipinski definition) is 5. The molecule has 0 aliphatic heterocycles. The summed E-state index contributed by atoms with van der Waals surface area (Å²) < 4.78 is 34.3. The SMILES string of the molecule is O=S(=O)(Nc1nc(OC2CC3CCC2C3)cc(-c2ccccc2)n1)c1ccccc1. The number of fused-ring (bicyclic) bond motifs is 2. The minimum Gasteiger partial charge on any atom is -0.474 e. The van der Waals surface area contributed by atoms with E-state index in [1.54, 1.807) is 24.3 Å². The summed E-state index contributed by atoms with van der Waals surface area (Å²) in [6.07, 6.45) is 4.88. The molecule has 2 aliphatic carbocycles. The molecule has 0 radical (unpaired) electrons. The lowest BCUT2D eigenvalue weighted by atomic mass is 9.98. The molecule has 2 fully saturated rings. The van der Waals surface area contributed by atoms with E-state index < -0.39 is 10.0 Å². The minimum atomic E-state index is -3.80. The van der Waals surface area contributed by atoms with Crippen LogP contribution in [0.3, 0.4) is 0 Å². The van der Waals surface area contributed by atoms with Crippen molar-refractivity contribution in [3.63, 3.8) is 0 Å². The summed E-state index contributed by atoms with van der Waals surface area (Å²) >= 11 is 0. The van der Waals surface area contributed by atoms with Crippen LogP contribution >= 0.6 is 0 Å². The maximum Gasteiger partial charge on any atom is 0.264 e. The number of ether oxygens (including phenoxy) is 1. The Balaban J connectivity index is 1.48. The molecule has 3 aromatic rings. The van der Waals surface area contributed by atoms with Crippen LogP contribution < -0.4 is 9.46 Å². The molecular formula is C23H23N3O3S. The van der Waals surface area contributed by atoms with E-state index in [2.05, 4.69) is 14.7 Å². The number of rotatable bonds is 6. The lowest BCUT2D eigenvalue weighted by molar-refractivity contribution is 0.132. The van der Waals surface area contributed by atoms with Crippen molar-refractivity contribution >= 4 is 16.0 Å². The molecule has 5 rings (SSSR count). The second-order valence-corrected chi connectivity index (χ2v) is 9.71. The second kappa shape index (κ2) is 7.72. The van der Waals surface area contributed by atoms with Crippen molar-refractivity contribution in [3.05, 3.63) is 66.7 Å². The first kappa shape index (κ1) is 19.1. The van der Waals surface area contributed by atoms with Crippen LogP contribution in [0.15, 0.2) is 71.6 Å². The van der Waals surface area contributed by atoms with E-state index in [1.165, 1.54) is 31.4 Å². The fraction of sp³-hybridized carbons (Fsp3) is 0.304. The zero-order chi connectivity index (χ0) is 20.6. The average molecular weight is 422 g/mol. The minimum absolute atomic E-state index is 0.0124. The summed E-state index contributed by atoms with van der Waals surface area (Å²) in [4.78, 5) is 9.01. The maximum absolute atomic E-state index is 12.8. The number of nitrogens with zero attached hydrogens (tertiary/aromatic N) is 2. The molecule has 2 saturated carbocycles. The summed E-state index contributed by atoms with van der Waals surface area (Å²) in [5.74, 6) is 1.73. The molecule has 2 aromatic carbocycles. The Hall–Kier alpha value is -2.93. The standard InChI is InChI=1S/C23H23N3O3S/c27-30(28,19-9-5-2-6-10-19)26-23-24-20(17-7-3-1-4-8-17)15-22(25-23)29-21-14-16-11-12-18(21)13-16/h1-10,15-16,18,21H,11-14H2,(H,24,25,26). The summed E-state index contributed by atoms with van der Waals surface area (Å²) in [7, 11) is -3.80. The molecule has 0 amide bonds. The van der Waals surface area contributed by atoms with Gasteiger partial charge in [-0.1, -0.05) is 48.5 Å². The van der Waals surface area contributed by atoms with Gasteiger partial charge in [-0.25, -0.2) is 18.1 Å². The van der Waals surface area contributed by atoms with Crippen LogP contribution in [0.25, 0.3) is 11.3 Å². The third kappa shape index (κ3) is 3.89. The Morgan fingerprint density at radius 1 is 0.900 bits per heavy atom. The molecule has 2 bridgehead atoms. The Morgan fingerprint density at radius 2 is 1.63 bits per heavy atom. The molecule has 6 nitrogen and oxygen atoms in total. The highest BCUT2D eigenvalue weighted by Crippen LogP contribution is 2.46. The van der Waals surface area contributed by atoms with Crippen molar-refractivity contribution in [2.45, 2.75) is 36.7 Å². The predicted molar refractivity (Wildman–Crippen MR) is 115 cm³/mol. The van der Waals surface area contributed by atoms with Crippen molar-refractivity contribution < 1.29 is 13.2 Å². The first-order chi connectivity index (χ1) is 14.6. The molecule has 2 aliphatic rings. The van der Waals surface area contributed by atoms with Crippen molar-refractivity contribution in [2.75, 3.05) is 4.72 Å². The Labute approximate surface area is 176 Å². The molecule has 154 valence electrons. The van der Waals surface area contributed by atoms with Gasteiger partial charge in [0.1, 0.15) is 6.10 Å². The fourth-order valence-corrected chi connectivity index (χ4v) is 5.52. The molecule has 3 unspecified atom stereocenters. The van der Waals surface area contributed by atoms with Gasteiger partial charge in [-0.15, -0.1) is 0 Å². The van der Waals surface area contributed by atoms with Gasteiger partial charge in [-0.3, -0.25) is 0 Å². The first-order valence-corrected chi connectivity index (χ1v) is 11.7. The van der Waals surface area contributed by atoms with Crippen LogP contribution in [0.5, 0.6) is 5.88 Å². The monoisotopic (exact) mass is 421 g/mol. The van der Waals surface area contributed by atoms with Gasteiger partial charge < -0.3 is 4.74 Å². The van der Waals surface area contributed by atoms with Gasteiger partial charge in [0.15, 0.2) is 0 Å². The van der Waals surface area contributed by atoms with Crippen LogP contribution in [0.1, 0.15) is 25.7 Å². The molecular weight excluding hydrogens is 398 g/mol. The highest BCUT2D eigenvalue weighted by molar-refractivity contribution is 7.92. The highest BCUT2D eigenvalue weighted by Gasteiger charge is 2.41. The van der Waals surface area contributed by atoms with Crippen molar-refractivity contribution in [1.29, 1.82) is 0 Å². The molecule has 0 spiro atoms. The van der Waals surface area contributed by atoms with Gasteiger partial charge in [-0.05, 0) is 49.7 Å². The topological polar surface area (TPSA) is 81.2 Å². The summed E-state index contributed by atoms with van der Waals surface area (Å²) in [5, 5.41) is 0. The third-order valence-corrected chi connectivity index (χ3v) is 7.34. The molecule has 30 heavy (non-hydrogen) atoms. The van der Waals surface area contributed by atoms with Gasteiger partial charge in [0, 0.05) is 11.6 Å². The van der Waals surface area contributed by atoms with Crippen LogP contribution in [-0.4, -0.2) is 24.5 Å². The number of nitrogens with one attached hydrogen (secondary N) is 1. The van der Waals surface area contributed by atoms with Crippen molar-refractivity contribution in [2.24, 2.45) is 11.8 Å². The third-order valence-electron chi connectivity index (χ3n) is 6.00. The quantitative estimate of drug-likeness (QED) is 0.633. The van der Waals surface area contributed by atoms with E-state index in [1.807, 2.05) is 30.3 Å². The normalized spacial score (nSPS) is 22.7. The average Bonchev–Trinajstić information content (AvgIpc) is 3.38. The lowest BCUT2D eigenvalue weighted by Gasteiger charge is -2.23. The van der Waals surface area contributed by atoms with Gasteiger partial charge >= 0.3 is 0 Å². The highest BCUT2D eigenvalue weighted by atomic mass is 32.2. The fourth-order valence-electron chi connectivity index (χ4n) is 4.55. The number of anilines is 1. The van der Waals surface area contributed by atoms with E-state index in [0.717, 1.165) is 17.9 Å². The molecule has 1 N–H and O–H groups in total. The molecule has 0 saturated heterocycles. The Bertz CT molecular complexity index is 1140. The number of aromatic nitrogens is 2. The van der Waals surface area contributed by atoms with Crippen LogP contribution in [0.4, 0.5) is 5.95 Å². The van der Waals surface area contributed by atoms with E-state index in [-0.39, 0.29) is 16.9 Å². The zero-order valence-corrected chi connectivity index (χ0v) is 17.3. The second-order valence-electron chi connectivity index (χ2n) is 8.03. The van der Waals surface area contributed by atoms with Crippen molar-refractivity contribution in [1.82, 2.24) is 9.97 Å². The van der Waals surface area contributed by atoms with Gasteiger partial charge in [0.05, 0.1) is 10.6 Å². The summed E-state index contributed by atoms with van der Waals surface area (Å²) in [6, 6.07) is 19.6. The Morgan fingerprint density at radius 3 is 2.30 bits per heavy atom. The maximum atomic E-state index is 12.8. The number of benzene rings is 2.